The number of anilines is 1. The van der Waals surface area contributed by atoms with Crippen LogP contribution in [0.15, 0.2) is 24.5 Å². The van der Waals surface area contributed by atoms with Crippen molar-refractivity contribution in [2.24, 2.45) is 0 Å². The number of unbranched alkanes of at least 4 members (excludes halogenated alkanes) is 1. The Bertz CT molecular complexity index is 465. The van der Waals surface area contributed by atoms with Gasteiger partial charge in [-0.25, -0.2) is 9.97 Å². The van der Waals surface area contributed by atoms with Gasteiger partial charge in [0.1, 0.15) is 12.1 Å². The molecule has 0 saturated carbocycles. The Morgan fingerprint density at radius 3 is 2.93 bits per heavy atom. The molecule has 2 aromatic rings. The molecule has 3 nitrogen and oxygen atoms in total. The number of hydrogen-bond donors (Lipinski definition) is 1. The Kier molecular flexibility index (Phi) is 2.81. The van der Waals surface area contributed by atoms with Gasteiger partial charge in [-0.3, -0.25) is 0 Å². The van der Waals surface area contributed by atoms with Gasteiger partial charge in [0, 0.05) is 5.39 Å². The zero-order chi connectivity index (χ0) is 10.7. The summed E-state index contributed by atoms with van der Waals surface area (Å²) < 4.78 is 0. The molecule has 0 aliphatic carbocycles. The Balaban J connectivity index is 2.41. The number of nitrogens with two attached hydrogens (primary N) is 1. The molecule has 1 aromatic carbocycles. The summed E-state index contributed by atoms with van der Waals surface area (Å²) in [6.07, 6.45) is 5.02. The first-order valence-electron chi connectivity index (χ1n) is 5.30. The smallest absolute Gasteiger partial charge is 0.134 e. The monoisotopic (exact) mass is 201 g/mol. The second-order valence-corrected chi connectivity index (χ2v) is 3.71. The van der Waals surface area contributed by atoms with E-state index in [-0.39, 0.29) is 0 Å². The third-order valence-electron chi connectivity index (χ3n) is 2.55. The molecule has 1 heterocycles. The van der Waals surface area contributed by atoms with Gasteiger partial charge in [-0.15, -0.1) is 0 Å². The van der Waals surface area contributed by atoms with E-state index in [1.54, 1.807) is 0 Å². The highest BCUT2D eigenvalue weighted by Crippen LogP contribution is 2.19. The number of nitrogens with zero attached hydrogens (tertiary/aromatic N) is 2. The quantitative estimate of drug-likeness (QED) is 0.830. The number of nitrogen functional groups attached to an aromatic ring is 1. The zero-order valence-corrected chi connectivity index (χ0v) is 8.90. The van der Waals surface area contributed by atoms with Crippen LogP contribution < -0.4 is 5.73 Å². The first-order valence-corrected chi connectivity index (χ1v) is 5.30. The fourth-order valence-corrected chi connectivity index (χ4v) is 1.66. The van der Waals surface area contributed by atoms with Crippen LogP contribution in [0, 0.1) is 0 Å². The molecular weight excluding hydrogens is 186 g/mol. The molecule has 0 aliphatic heterocycles. The molecule has 0 atom stereocenters. The molecule has 0 spiro atoms. The van der Waals surface area contributed by atoms with Crippen LogP contribution in [0.3, 0.4) is 0 Å². The topological polar surface area (TPSA) is 51.8 Å². The number of benzene rings is 1. The Morgan fingerprint density at radius 1 is 1.27 bits per heavy atom. The molecule has 15 heavy (non-hydrogen) atoms. The maximum absolute atomic E-state index is 5.80. The number of fused-ring (bicyclic) bond motifs is 1. The van der Waals surface area contributed by atoms with Crippen LogP contribution in [0.4, 0.5) is 5.82 Å². The molecule has 2 rings (SSSR count). The number of rotatable bonds is 3. The van der Waals surface area contributed by atoms with Crippen LogP contribution in [0.5, 0.6) is 0 Å². The van der Waals surface area contributed by atoms with Crippen molar-refractivity contribution in [3.05, 3.63) is 30.1 Å². The van der Waals surface area contributed by atoms with Crippen LogP contribution in [0.25, 0.3) is 10.9 Å². The van der Waals surface area contributed by atoms with Crippen molar-refractivity contribution >= 4 is 16.7 Å². The highest BCUT2D eigenvalue weighted by molar-refractivity contribution is 5.88. The molecule has 2 N–H and O–H groups in total. The molecule has 0 fully saturated rings. The largest absolute Gasteiger partial charge is 0.383 e. The fraction of sp³-hybridized carbons (Fsp3) is 0.333. The van der Waals surface area contributed by atoms with Crippen molar-refractivity contribution < 1.29 is 0 Å². The average Bonchev–Trinajstić information content (AvgIpc) is 2.27. The lowest BCUT2D eigenvalue weighted by molar-refractivity contribution is 0.796. The van der Waals surface area contributed by atoms with Crippen LogP contribution in [0.1, 0.15) is 25.3 Å². The van der Waals surface area contributed by atoms with Crippen molar-refractivity contribution in [2.75, 3.05) is 5.73 Å². The number of aryl methyl sites for hydroxylation is 1. The molecule has 0 aliphatic rings. The molecule has 0 saturated heterocycles. The first-order chi connectivity index (χ1) is 7.31. The van der Waals surface area contributed by atoms with E-state index in [2.05, 4.69) is 29.0 Å². The van der Waals surface area contributed by atoms with E-state index >= 15 is 0 Å². The van der Waals surface area contributed by atoms with Crippen LogP contribution >= 0.6 is 0 Å². The van der Waals surface area contributed by atoms with Gasteiger partial charge in [0.05, 0.1) is 5.52 Å². The normalized spacial score (nSPS) is 10.7. The summed E-state index contributed by atoms with van der Waals surface area (Å²) in [7, 11) is 0. The van der Waals surface area contributed by atoms with Crippen molar-refractivity contribution in [3.63, 3.8) is 0 Å². The predicted octanol–water partition coefficient (Wildman–Crippen LogP) is 2.55. The maximum atomic E-state index is 5.80. The van der Waals surface area contributed by atoms with Gasteiger partial charge >= 0.3 is 0 Å². The van der Waals surface area contributed by atoms with Crippen molar-refractivity contribution in [2.45, 2.75) is 26.2 Å². The SMILES string of the molecule is CCCCc1ccc2ncnc(N)c2c1. The van der Waals surface area contributed by atoms with Gasteiger partial charge in [-0.05, 0) is 30.5 Å². The summed E-state index contributed by atoms with van der Waals surface area (Å²) in [4.78, 5) is 8.17. The van der Waals surface area contributed by atoms with Crippen molar-refractivity contribution in [1.29, 1.82) is 0 Å². The van der Waals surface area contributed by atoms with E-state index in [9.17, 15) is 0 Å². The van der Waals surface area contributed by atoms with E-state index in [4.69, 9.17) is 5.73 Å². The highest BCUT2D eigenvalue weighted by atomic mass is 14.9. The van der Waals surface area contributed by atoms with Crippen molar-refractivity contribution in [3.8, 4) is 0 Å². The van der Waals surface area contributed by atoms with Crippen molar-refractivity contribution in [1.82, 2.24) is 9.97 Å². The van der Waals surface area contributed by atoms with Crippen LogP contribution in [0.2, 0.25) is 0 Å². The maximum Gasteiger partial charge on any atom is 0.134 e. The third-order valence-corrected chi connectivity index (χ3v) is 2.55. The minimum Gasteiger partial charge on any atom is -0.383 e. The Morgan fingerprint density at radius 2 is 2.13 bits per heavy atom. The zero-order valence-electron chi connectivity index (χ0n) is 8.90. The lowest BCUT2D eigenvalue weighted by Gasteiger charge is -2.03. The lowest BCUT2D eigenvalue weighted by atomic mass is 10.1. The lowest BCUT2D eigenvalue weighted by Crippen LogP contribution is -1.94. The summed E-state index contributed by atoms with van der Waals surface area (Å²) in [5.74, 6) is 0.568. The minimum absolute atomic E-state index is 0.568. The minimum atomic E-state index is 0.568. The van der Waals surface area contributed by atoms with Gasteiger partial charge in [0.15, 0.2) is 0 Å². The summed E-state index contributed by atoms with van der Waals surface area (Å²) in [6.45, 7) is 2.19. The molecular formula is C12H15N3. The Hall–Kier alpha value is -1.64. The fourth-order valence-electron chi connectivity index (χ4n) is 1.66. The predicted molar refractivity (Wildman–Crippen MR) is 62.6 cm³/mol. The Labute approximate surface area is 89.4 Å². The van der Waals surface area contributed by atoms with Gasteiger partial charge in [0.25, 0.3) is 0 Å². The summed E-state index contributed by atoms with van der Waals surface area (Å²) >= 11 is 0. The standard InChI is InChI=1S/C12H15N3/c1-2-3-4-9-5-6-11-10(7-9)12(13)15-8-14-11/h5-8H,2-4H2,1H3,(H2,13,14,15). The summed E-state index contributed by atoms with van der Waals surface area (Å²) in [5, 5.41) is 0.964. The molecule has 0 unspecified atom stereocenters. The average molecular weight is 201 g/mol. The molecule has 3 heteroatoms. The first kappa shape index (κ1) is 9.90. The van der Waals surface area contributed by atoms with E-state index in [0.717, 1.165) is 17.3 Å². The second kappa shape index (κ2) is 4.26. The third kappa shape index (κ3) is 2.06. The number of hydrogen-bond acceptors (Lipinski definition) is 3. The van der Waals surface area contributed by atoms with E-state index < -0.39 is 0 Å². The van der Waals surface area contributed by atoms with Gasteiger partial charge in [0.2, 0.25) is 0 Å². The van der Waals surface area contributed by atoms with E-state index in [0.29, 0.717) is 5.82 Å². The molecule has 0 bridgehead atoms. The summed E-state index contributed by atoms with van der Waals surface area (Å²) in [5.41, 5.74) is 8.03. The van der Waals surface area contributed by atoms with Gasteiger partial charge < -0.3 is 5.73 Å². The molecule has 78 valence electrons. The van der Waals surface area contributed by atoms with Gasteiger partial charge in [-0.2, -0.15) is 0 Å². The van der Waals surface area contributed by atoms with E-state index in [1.165, 1.54) is 24.7 Å². The van der Waals surface area contributed by atoms with Crippen LogP contribution in [-0.4, -0.2) is 9.97 Å². The number of aromatic nitrogens is 2. The second-order valence-electron chi connectivity index (χ2n) is 3.71. The van der Waals surface area contributed by atoms with Crippen LogP contribution in [-0.2, 0) is 6.42 Å². The molecule has 0 amide bonds. The van der Waals surface area contributed by atoms with E-state index in [1.807, 2.05) is 6.07 Å². The van der Waals surface area contributed by atoms with Gasteiger partial charge in [-0.1, -0.05) is 19.4 Å². The molecule has 0 radical (unpaired) electrons. The highest BCUT2D eigenvalue weighted by Gasteiger charge is 2.01. The summed E-state index contributed by atoms with van der Waals surface area (Å²) in [6, 6.07) is 6.23. The molecule has 1 aromatic heterocycles.